The lowest BCUT2D eigenvalue weighted by atomic mass is 10.2. The number of non-ortho nitro benzene ring substituents is 1. The second-order valence-corrected chi connectivity index (χ2v) is 5.44. The lowest BCUT2D eigenvalue weighted by Crippen LogP contribution is -2.18. The maximum absolute atomic E-state index is 11.1. The van der Waals surface area contributed by atoms with Gasteiger partial charge in [0.05, 0.1) is 22.0 Å². The minimum absolute atomic E-state index is 0.0615. The van der Waals surface area contributed by atoms with Crippen molar-refractivity contribution in [2.75, 3.05) is 6.61 Å². The molecule has 1 unspecified atom stereocenters. The predicted octanol–water partition coefficient (Wildman–Crippen LogP) is 3.41. The van der Waals surface area contributed by atoms with Gasteiger partial charge < -0.3 is 4.74 Å². The molecule has 0 spiro atoms. The number of nitrogens with zero attached hydrogens (tertiary/aromatic N) is 3. The number of aromatic nitrogens is 2. The van der Waals surface area contributed by atoms with E-state index in [1.165, 1.54) is 12.3 Å². The van der Waals surface area contributed by atoms with Crippen molar-refractivity contribution in [1.29, 1.82) is 0 Å². The van der Waals surface area contributed by atoms with E-state index in [1.807, 2.05) is 6.07 Å². The Balaban J connectivity index is 2.14. The molecule has 1 fully saturated rings. The molecule has 6 nitrogen and oxygen atoms in total. The largest absolute Gasteiger partial charge is 0.356 e. The minimum Gasteiger partial charge on any atom is -0.356 e. The van der Waals surface area contributed by atoms with Gasteiger partial charge in [0.25, 0.3) is 5.69 Å². The van der Waals surface area contributed by atoms with Gasteiger partial charge in [-0.3, -0.25) is 10.1 Å². The van der Waals surface area contributed by atoms with Crippen LogP contribution in [-0.4, -0.2) is 21.3 Å². The van der Waals surface area contributed by atoms with E-state index in [9.17, 15) is 10.1 Å². The van der Waals surface area contributed by atoms with Gasteiger partial charge in [-0.1, -0.05) is 15.9 Å². The van der Waals surface area contributed by atoms with E-state index in [1.54, 1.807) is 4.68 Å². The van der Waals surface area contributed by atoms with E-state index in [0.717, 1.165) is 24.8 Å². The van der Waals surface area contributed by atoms with Crippen molar-refractivity contribution >= 4 is 32.5 Å². The molecule has 0 radical (unpaired) electrons. The summed E-state index contributed by atoms with van der Waals surface area (Å²) in [7, 11) is 0. The van der Waals surface area contributed by atoms with Crippen LogP contribution in [0.2, 0.25) is 0 Å². The molecule has 0 N–H and O–H groups in total. The lowest BCUT2D eigenvalue weighted by molar-refractivity contribution is -0.383. The first-order chi connectivity index (χ1) is 9.16. The highest BCUT2D eigenvalue weighted by molar-refractivity contribution is 9.10. The van der Waals surface area contributed by atoms with Gasteiger partial charge in [-0.15, -0.1) is 0 Å². The van der Waals surface area contributed by atoms with Crippen molar-refractivity contribution in [3.63, 3.8) is 0 Å². The van der Waals surface area contributed by atoms with Crippen molar-refractivity contribution < 1.29 is 9.66 Å². The van der Waals surface area contributed by atoms with E-state index in [4.69, 9.17) is 4.74 Å². The number of rotatable bonds is 2. The third-order valence-corrected chi connectivity index (χ3v) is 3.74. The highest BCUT2D eigenvalue weighted by Crippen LogP contribution is 2.33. The van der Waals surface area contributed by atoms with E-state index < -0.39 is 0 Å². The molecular formula is C12H12BrN3O3. The normalized spacial score (nSPS) is 19.7. The number of nitro benzene ring substituents is 1. The molecule has 2 aromatic rings. The topological polar surface area (TPSA) is 70.2 Å². The molecule has 1 aliphatic heterocycles. The molecule has 1 saturated heterocycles. The van der Waals surface area contributed by atoms with Crippen LogP contribution in [0, 0.1) is 10.1 Å². The van der Waals surface area contributed by atoms with Crippen LogP contribution in [0.4, 0.5) is 5.69 Å². The molecule has 100 valence electrons. The van der Waals surface area contributed by atoms with Gasteiger partial charge in [-0.2, -0.15) is 5.10 Å². The van der Waals surface area contributed by atoms with Crippen molar-refractivity contribution in [1.82, 2.24) is 9.78 Å². The molecular weight excluding hydrogens is 314 g/mol. The van der Waals surface area contributed by atoms with Crippen LogP contribution in [0.5, 0.6) is 0 Å². The van der Waals surface area contributed by atoms with Crippen LogP contribution in [0.1, 0.15) is 25.5 Å². The monoisotopic (exact) mass is 325 g/mol. The highest BCUT2D eigenvalue weighted by Gasteiger charge is 2.22. The summed E-state index contributed by atoms with van der Waals surface area (Å²) < 4.78 is 8.10. The Kier molecular flexibility index (Phi) is 3.24. The Morgan fingerprint density at radius 1 is 1.47 bits per heavy atom. The van der Waals surface area contributed by atoms with Crippen molar-refractivity contribution in [3.8, 4) is 0 Å². The van der Waals surface area contributed by atoms with E-state index >= 15 is 0 Å². The minimum atomic E-state index is -0.388. The summed E-state index contributed by atoms with van der Waals surface area (Å²) in [5, 5.41) is 15.9. The fourth-order valence-electron chi connectivity index (χ4n) is 2.39. The quantitative estimate of drug-likeness (QED) is 0.626. The molecule has 1 atom stereocenters. The Hall–Kier alpha value is -1.47. The predicted molar refractivity (Wildman–Crippen MR) is 72.9 cm³/mol. The van der Waals surface area contributed by atoms with Crippen molar-refractivity contribution in [2.45, 2.75) is 25.5 Å². The highest BCUT2D eigenvalue weighted by atomic mass is 79.9. The van der Waals surface area contributed by atoms with Gasteiger partial charge in [0.2, 0.25) is 0 Å². The maximum Gasteiger partial charge on any atom is 0.281 e. The molecule has 0 aliphatic carbocycles. The van der Waals surface area contributed by atoms with Gasteiger partial charge in [0.1, 0.15) is 0 Å². The molecule has 0 saturated carbocycles. The molecule has 19 heavy (non-hydrogen) atoms. The number of hydrogen-bond donors (Lipinski definition) is 0. The number of halogens is 1. The number of fused-ring (bicyclic) bond motifs is 1. The molecule has 1 aromatic heterocycles. The summed E-state index contributed by atoms with van der Waals surface area (Å²) in [5.74, 6) is 0. The van der Waals surface area contributed by atoms with Gasteiger partial charge in [-0.25, -0.2) is 4.68 Å². The van der Waals surface area contributed by atoms with Crippen LogP contribution in [0.15, 0.2) is 22.8 Å². The van der Waals surface area contributed by atoms with Crippen LogP contribution in [0.25, 0.3) is 10.9 Å². The SMILES string of the molecule is O=[N+]([O-])c1cc(Br)cc2c1cnn2C1CCCCO1. The summed E-state index contributed by atoms with van der Waals surface area (Å²) >= 11 is 3.31. The zero-order valence-electron chi connectivity index (χ0n) is 10.1. The first-order valence-electron chi connectivity index (χ1n) is 6.09. The second-order valence-electron chi connectivity index (χ2n) is 4.53. The Labute approximate surface area is 117 Å². The summed E-state index contributed by atoms with van der Waals surface area (Å²) in [6.07, 6.45) is 4.44. The van der Waals surface area contributed by atoms with E-state index in [2.05, 4.69) is 21.0 Å². The molecule has 3 rings (SSSR count). The fraction of sp³-hybridized carbons (Fsp3) is 0.417. The maximum atomic E-state index is 11.1. The average Bonchev–Trinajstić information content (AvgIpc) is 2.82. The summed E-state index contributed by atoms with van der Waals surface area (Å²) in [5.41, 5.74) is 0.791. The lowest BCUT2D eigenvalue weighted by Gasteiger charge is -2.23. The zero-order chi connectivity index (χ0) is 13.4. The molecule has 0 amide bonds. The first-order valence-corrected chi connectivity index (χ1v) is 6.89. The van der Waals surface area contributed by atoms with Gasteiger partial charge >= 0.3 is 0 Å². The summed E-state index contributed by atoms with van der Waals surface area (Å²) in [4.78, 5) is 10.7. The van der Waals surface area contributed by atoms with Crippen molar-refractivity contribution in [2.24, 2.45) is 0 Å². The summed E-state index contributed by atoms with van der Waals surface area (Å²) in [6.45, 7) is 0.710. The van der Waals surface area contributed by atoms with E-state index in [0.29, 0.717) is 16.5 Å². The van der Waals surface area contributed by atoms with Crippen LogP contribution >= 0.6 is 15.9 Å². The van der Waals surface area contributed by atoms with Crippen molar-refractivity contribution in [3.05, 3.63) is 32.9 Å². The first kappa shape index (κ1) is 12.6. The molecule has 1 aromatic carbocycles. The Morgan fingerprint density at radius 3 is 3.00 bits per heavy atom. The van der Waals surface area contributed by atoms with Crippen LogP contribution in [0.3, 0.4) is 0 Å². The number of nitro groups is 1. The number of ether oxygens (including phenoxy) is 1. The molecule has 7 heteroatoms. The molecule has 2 heterocycles. The van der Waals surface area contributed by atoms with Crippen LogP contribution in [-0.2, 0) is 4.74 Å². The third-order valence-electron chi connectivity index (χ3n) is 3.28. The Morgan fingerprint density at radius 2 is 2.32 bits per heavy atom. The zero-order valence-corrected chi connectivity index (χ0v) is 11.7. The third kappa shape index (κ3) is 2.23. The van der Waals surface area contributed by atoms with Gasteiger partial charge in [0, 0.05) is 17.1 Å². The van der Waals surface area contributed by atoms with Gasteiger partial charge in [-0.05, 0) is 25.3 Å². The molecule has 1 aliphatic rings. The van der Waals surface area contributed by atoms with E-state index in [-0.39, 0.29) is 16.8 Å². The number of hydrogen-bond acceptors (Lipinski definition) is 4. The average molecular weight is 326 g/mol. The van der Waals surface area contributed by atoms with Crippen LogP contribution < -0.4 is 0 Å². The fourth-order valence-corrected chi connectivity index (χ4v) is 2.82. The van der Waals surface area contributed by atoms with Gasteiger partial charge in [0.15, 0.2) is 6.23 Å². The second kappa shape index (κ2) is 4.90. The number of benzene rings is 1. The smallest absolute Gasteiger partial charge is 0.281 e. The summed E-state index contributed by atoms with van der Waals surface area (Å²) in [6, 6.07) is 3.34. The molecule has 0 bridgehead atoms. The Bertz CT molecular complexity index is 634. The standard InChI is InChI=1S/C12H12BrN3O3/c13-8-5-10-9(11(6-8)16(17)18)7-14-15(10)12-3-1-2-4-19-12/h5-7,12H,1-4H2.